The Morgan fingerprint density at radius 2 is 1.83 bits per heavy atom. The molecule has 1 aromatic carbocycles. The molecule has 3 atom stereocenters. The molecule has 0 bridgehead atoms. The van der Waals surface area contributed by atoms with Crippen molar-refractivity contribution in [2.24, 2.45) is 5.41 Å². The van der Waals surface area contributed by atoms with E-state index >= 15 is 0 Å². The maximum Gasteiger partial charge on any atom is 0.162 e. The second-order valence-corrected chi connectivity index (χ2v) is 9.70. The Morgan fingerprint density at radius 3 is 2.53 bits per heavy atom. The summed E-state index contributed by atoms with van der Waals surface area (Å²) < 4.78 is 0. The van der Waals surface area contributed by atoms with Crippen LogP contribution in [0.4, 0.5) is 22.2 Å². The monoisotopic (exact) mass is 418 g/mol. The van der Waals surface area contributed by atoms with Gasteiger partial charge in [-0.2, -0.15) is 0 Å². The summed E-state index contributed by atoms with van der Waals surface area (Å²) in [5.74, 6) is 1.02. The van der Waals surface area contributed by atoms with Gasteiger partial charge in [0.1, 0.15) is 18.2 Å². The van der Waals surface area contributed by atoms with E-state index in [1.165, 1.54) is 29.1 Å². The highest BCUT2D eigenvalue weighted by molar-refractivity contribution is 7.14. The molecular formula is C25H30N4S. The van der Waals surface area contributed by atoms with Gasteiger partial charge in [-0.25, -0.2) is 9.97 Å². The SMILES string of the molecule is CCCC1(CC)c2ccccc2N2c3cncnc3N(c3cccs3)C2C1(C)CC. The van der Waals surface area contributed by atoms with Crippen LogP contribution in [0.3, 0.4) is 0 Å². The van der Waals surface area contributed by atoms with Crippen molar-refractivity contribution in [3.05, 3.63) is 59.9 Å². The molecule has 2 aliphatic rings. The zero-order valence-electron chi connectivity index (χ0n) is 18.3. The Bertz CT molecular complexity index is 1050. The minimum absolute atomic E-state index is 0.0385. The molecule has 4 heterocycles. The number of hydrogen-bond donors (Lipinski definition) is 0. The zero-order chi connectivity index (χ0) is 20.9. The summed E-state index contributed by atoms with van der Waals surface area (Å²) in [4.78, 5) is 14.2. The van der Waals surface area contributed by atoms with Crippen molar-refractivity contribution < 1.29 is 0 Å². The van der Waals surface area contributed by atoms with E-state index in [2.05, 4.69) is 84.3 Å². The molecule has 0 fully saturated rings. The van der Waals surface area contributed by atoms with Gasteiger partial charge in [-0.1, -0.05) is 52.3 Å². The summed E-state index contributed by atoms with van der Waals surface area (Å²) in [6, 6.07) is 13.4. The molecule has 0 aliphatic carbocycles. The zero-order valence-corrected chi connectivity index (χ0v) is 19.1. The van der Waals surface area contributed by atoms with E-state index in [9.17, 15) is 0 Å². The molecule has 0 spiro atoms. The van der Waals surface area contributed by atoms with Crippen molar-refractivity contribution in [2.45, 2.75) is 65.0 Å². The molecule has 3 unspecified atom stereocenters. The highest BCUT2D eigenvalue weighted by Crippen LogP contribution is 2.65. The van der Waals surface area contributed by atoms with Crippen LogP contribution in [0.25, 0.3) is 0 Å². The van der Waals surface area contributed by atoms with Gasteiger partial charge in [0.25, 0.3) is 0 Å². The van der Waals surface area contributed by atoms with Gasteiger partial charge in [0, 0.05) is 16.5 Å². The topological polar surface area (TPSA) is 32.3 Å². The van der Waals surface area contributed by atoms with E-state index in [1.54, 1.807) is 17.7 Å². The number of para-hydroxylation sites is 1. The number of fused-ring (bicyclic) bond motifs is 5. The Balaban J connectivity index is 1.86. The van der Waals surface area contributed by atoms with Crippen LogP contribution in [0.2, 0.25) is 0 Å². The van der Waals surface area contributed by atoms with Gasteiger partial charge in [0.05, 0.1) is 11.2 Å². The lowest BCUT2D eigenvalue weighted by molar-refractivity contribution is 0.0726. The van der Waals surface area contributed by atoms with Crippen LogP contribution in [0.15, 0.2) is 54.3 Å². The minimum Gasteiger partial charge on any atom is -0.315 e. The van der Waals surface area contributed by atoms with E-state index < -0.39 is 0 Å². The van der Waals surface area contributed by atoms with Gasteiger partial charge < -0.3 is 4.90 Å². The number of thiophene rings is 1. The third-order valence-corrected chi connectivity index (χ3v) is 8.62. The smallest absolute Gasteiger partial charge is 0.162 e. The predicted molar refractivity (Wildman–Crippen MR) is 126 cm³/mol. The van der Waals surface area contributed by atoms with E-state index in [4.69, 9.17) is 4.98 Å². The first-order chi connectivity index (χ1) is 14.6. The fraction of sp³-hybridized carbons (Fsp3) is 0.440. The van der Waals surface area contributed by atoms with E-state index in [0.717, 1.165) is 24.3 Å². The summed E-state index contributed by atoms with van der Waals surface area (Å²) in [5, 5.41) is 3.42. The first-order valence-corrected chi connectivity index (χ1v) is 12.0. The van der Waals surface area contributed by atoms with E-state index in [1.807, 2.05) is 6.20 Å². The fourth-order valence-corrected chi connectivity index (χ4v) is 7.03. The highest BCUT2D eigenvalue weighted by Gasteiger charge is 2.62. The maximum absolute atomic E-state index is 4.79. The minimum atomic E-state index is 0.0385. The van der Waals surface area contributed by atoms with Gasteiger partial charge >= 0.3 is 0 Å². The van der Waals surface area contributed by atoms with Gasteiger partial charge in [-0.3, -0.25) is 4.90 Å². The van der Waals surface area contributed by atoms with Crippen LogP contribution in [-0.2, 0) is 5.41 Å². The molecule has 0 radical (unpaired) electrons. The lowest BCUT2D eigenvalue weighted by Gasteiger charge is -2.60. The molecular weight excluding hydrogens is 388 g/mol. The van der Waals surface area contributed by atoms with Crippen LogP contribution in [0.5, 0.6) is 0 Å². The van der Waals surface area contributed by atoms with Gasteiger partial charge in [-0.15, -0.1) is 11.3 Å². The van der Waals surface area contributed by atoms with Crippen molar-refractivity contribution in [2.75, 3.05) is 9.80 Å². The normalized spacial score (nSPS) is 27.0. The summed E-state index contributed by atoms with van der Waals surface area (Å²) in [6.07, 6.45) is 8.45. The van der Waals surface area contributed by atoms with Gasteiger partial charge in [0.15, 0.2) is 5.82 Å². The number of anilines is 4. The molecule has 5 heteroatoms. The fourth-order valence-electron chi connectivity index (χ4n) is 6.28. The van der Waals surface area contributed by atoms with Crippen LogP contribution in [-0.4, -0.2) is 16.1 Å². The first-order valence-electron chi connectivity index (χ1n) is 11.1. The standard InChI is InChI=1S/C25H30N4S/c1-5-14-25(7-3)18-11-8-9-12-19(18)28-20-16-26-17-27-22(20)29(21-13-10-15-30-21)23(28)24(25,4)6-2/h8-13,15-17,23H,5-7,14H2,1-4H3. The van der Waals surface area contributed by atoms with Crippen LogP contribution >= 0.6 is 11.3 Å². The number of hydrogen-bond acceptors (Lipinski definition) is 5. The van der Waals surface area contributed by atoms with Crippen molar-refractivity contribution in [1.82, 2.24) is 9.97 Å². The average molecular weight is 419 g/mol. The Hall–Kier alpha value is -2.40. The number of nitrogens with zero attached hydrogens (tertiary/aromatic N) is 4. The van der Waals surface area contributed by atoms with Crippen molar-refractivity contribution in [3.8, 4) is 0 Å². The Morgan fingerprint density at radius 1 is 1.00 bits per heavy atom. The molecule has 2 aromatic heterocycles. The second-order valence-electron chi connectivity index (χ2n) is 8.77. The summed E-state index contributed by atoms with van der Waals surface area (Å²) in [5.41, 5.74) is 4.07. The molecule has 0 N–H and O–H groups in total. The van der Waals surface area contributed by atoms with Crippen molar-refractivity contribution in [3.63, 3.8) is 0 Å². The summed E-state index contributed by atoms with van der Waals surface area (Å²) in [7, 11) is 0. The molecule has 30 heavy (non-hydrogen) atoms. The predicted octanol–water partition coefficient (Wildman–Crippen LogP) is 7.03. The van der Waals surface area contributed by atoms with Gasteiger partial charge in [0.2, 0.25) is 0 Å². The largest absolute Gasteiger partial charge is 0.315 e. The van der Waals surface area contributed by atoms with Crippen molar-refractivity contribution >= 4 is 33.5 Å². The highest BCUT2D eigenvalue weighted by atomic mass is 32.1. The lowest BCUT2D eigenvalue weighted by atomic mass is 9.52. The first kappa shape index (κ1) is 19.6. The quantitative estimate of drug-likeness (QED) is 0.445. The third kappa shape index (κ3) is 2.33. The number of aromatic nitrogens is 2. The molecule has 4 nitrogen and oxygen atoms in total. The lowest BCUT2D eigenvalue weighted by Crippen LogP contribution is -2.63. The average Bonchev–Trinajstić information content (AvgIpc) is 3.43. The number of rotatable bonds is 5. The molecule has 2 aliphatic heterocycles. The molecule has 0 saturated carbocycles. The number of benzene rings is 1. The molecule has 0 amide bonds. The van der Waals surface area contributed by atoms with Crippen molar-refractivity contribution in [1.29, 1.82) is 0 Å². The van der Waals surface area contributed by atoms with E-state index in [-0.39, 0.29) is 17.0 Å². The third-order valence-electron chi connectivity index (χ3n) is 7.75. The van der Waals surface area contributed by atoms with Crippen LogP contribution in [0, 0.1) is 5.41 Å². The molecule has 0 saturated heterocycles. The molecule has 156 valence electrons. The molecule has 3 aromatic rings. The van der Waals surface area contributed by atoms with Gasteiger partial charge in [-0.05, 0) is 48.4 Å². The van der Waals surface area contributed by atoms with Crippen LogP contribution < -0.4 is 9.80 Å². The van der Waals surface area contributed by atoms with E-state index in [0.29, 0.717) is 0 Å². The second kappa shape index (κ2) is 7.09. The Labute approximate surface area is 183 Å². The van der Waals surface area contributed by atoms with Crippen LogP contribution in [0.1, 0.15) is 58.9 Å². The molecule has 5 rings (SSSR count). The Kier molecular flexibility index (Phi) is 4.62. The summed E-state index contributed by atoms with van der Waals surface area (Å²) >= 11 is 1.79. The maximum atomic E-state index is 4.79. The summed E-state index contributed by atoms with van der Waals surface area (Å²) in [6.45, 7) is 9.59.